The van der Waals surface area contributed by atoms with Crippen molar-refractivity contribution in [2.24, 2.45) is 0 Å². The van der Waals surface area contributed by atoms with Gasteiger partial charge in [-0.2, -0.15) is 0 Å². The predicted molar refractivity (Wildman–Crippen MR) is 83.2 cm³/mol. The Hall–Kier alpha value is -2.10. The molecule has 0 bridgehead atoms. The Morgan fingerprint density at radius 3 is 2.24 bits per heavy atom. The number of ether oxygens (including phenoxy) is 2. The third kappa shape index (κ3) is 5.06. The fourth-order valence-corrected chi connectivity index (χ4v) is 1.91. The number of hydrogen-bond acceptors (Lipinski definition) is 3. The molecule has 0 saturated carbocycles. The van der Waals surface area contributed by atoms with Crippen LogP contribution in [-0.2, 0) is 11.3 Å². The fraction of sp³-hybridized carbons (Fsp3) is 0.222. The summed E-state index contributed by atoms with van der Waals surface area (Å²) in [7, 11) is 0. The highest BCUT2D eigenvalue weighted by Crippen LogP contribution is 2.14. The van der Waals surface area contributed by atoms with Crippen LogP contribution < -0.4 is 4.74 Å². The first kappa shape index (κ1) is 15.3. The van der Waals surface area contributed by atoms with Gasteiger partial charge in [0, 0.05) is 0 Å². The largest absolute Gasteiger partial charge is 0.484 e. The van der Waals surface area contributed by atoms with Crippen LogP contribution >= 0.6 is 0 Å². The Kier molecular flexibility index (Phi) is 6.00. The first-order chi connectivity index (χ1) is 10.3. The van der Waals surface area contributed by atoms with Crippen molar-refractivity contribution in [3.05, 3.63) is 78.9 Å². The van der Waals surface area contributed by atoms with Crippen LogP contribution in [0.1, 0.15) is 5.56 Å². The maximum atomic E-state index is 10.1. The Morgan fingerprint density at radius 2 is 1.62 bits per heavy atom. The summed E-state index contributed by atoms with van der Waals surface area (Å²) in [5.41, 5.74) is 1.07. The fourth-order valence-electron chi connectivity index (χ4n) is 1.91. The summed E-state index contributed by atoms with van der Waals surface area (Å²) in [4.78, 5) is 0. The van der Waals surface area contributed by atoms with E-state index in [4.69, 9.17) is 9.47 Å². The van der Waals surface area contributed by atoms with Gasteiger partial charge in [-0.25, -0.2) is 0 Å². The molecule has 0 amide bonds. The van der Waals surface area contributed by atoms with Crippen LogP contribution in [0.3, 0.4) is 0 Å². The standard InChI is InChI=1S/C18H20O3/c1-2-18(21-16-11-7-4-8-12-16)17(19)14-20-13-15-9-5-3-6-10-15/h2-12,17-19H,1,13-14H2/t17-,18-/m0/s1. The zero-order valence-corrected chi connectivity index (χ0v) is 11.9. The van der Waals surface area contributed by atoms with Crippen LogP contribution in [0.2, 0.25) is 0 Å². The minimum Gasteiger partial charge on any atom is -0.484 e. The lowest BCUT2D eigenvalue weighted by Gasteiger charge is -2.21. The van der Waals surface area contributed by atoms with Crippen LogP contribution in [0.15, 0.2) is 73.3 Å². The Balaban J connectivity index is 1.80. The molecule has 0 radical (unpaired) electrons. The number of aliphatic hydroxyl groups excluding tert-OH is 1. The van der Waals surface area contributed by atoms with Crippen molar-refractivity contribution in [3.63, 3.8) is 0 Å². The molecular formula is C18H20O3. The lowest BCUT2D eigenvalue weighted by Crippen LogP contribution is -2.33. The van der Waals surface area contributed by atoms with Crippen molar-refractivity contribution in [3.8, 4) is 5.75 Å². The van der Waals surface area contributed by atoms with Gasteiger partial charge in [0.25, 0.3) is 0 Å². The molecule has 0 spiro atoms. The topological polar surface area (TPSA) is 38.7 Å². The molecule has 0 unspecified atom stereocenters. The van der Waals surface area contributed by atoms with Gasteiger partial charge in [0.2, 0.25) is 0 Å². The number of hydrogen-bond donors (Lipinski definition) is 1. The van der Waals surface area contributed by atoms with E-state index in [9.17, 15) is 5.11 Å². The number of benzene rings is 2. The van der Waals surface area contributed by atoms with E-state index in [1.807, 2.05) is 60.7 Å². The molecule has 110 valence electrons. The summed E-state index contributed by atoms with van der Waals surface area (Å²) in [6.45, 7) is 4.36. The summed E-state index contributed by atoms with van der Waals surface area (Å²) in [6.07, 6.45) is 0.332. The van der Waals surface area contributed by atoms with E-state index in [0.29, 0.717) is 12.4 Å². The highest BCUT2D eigenvalue weighted by Gasteiger charge is 2.18. The van der Waals surface area contributed by atoms with Gasteiger partial charge in [0.15, 0.2) is 0 Å². The monoisotopic (exact) mass is 284 g/mol. The molecule has 0 saturated heterocycles. The third-order valence-electron chi connectivity index (χ3n) is 3.03. The quantitative estimate of drug-likeness (QED) is 0.757. The van der Waals surface area contributed by atoms with Gasteiger partial charge in [-0.3, -0.25) is 0 Å². The van der Waals surface area contributed by atoms with Gasteiger partial charge in [-0.1, -0.05) is 55.1 Å². The summed E-state index contributed by atoms with van der Waals surface area (Å²) < 4.78 is 11.2. The van der Waals surface area contributed by atoms with Gasteiger partial charge in [-0.05, 0) is 23.8 Å². The third-order valence-corrected chi connectivity index (χ3v) is 3.03. The molecule has 3 heteroatoms. The molecule has 0 aliphatic rings. The van der Waals surface area contributed by atoms with Gasteiger partial charge in [-0.15, -0.1) is 0 Å². The second-order valence-corrected chi connectivity index (χ2v) is 4.70. The summed E-state index contributed by atoms with van der Waals surface area (Å²) in [6, 6.07) is 19.2. The molecule has 0 heterocycles. The van der Waals surface area contributed by atoms with Crippen molar-refractivity contribution in [1.82, 2.24) is 0 Å². The molecule has 2 aromatic carbocycles. The highest BCUT2D eigenvalue weighted by molar-refractivity contribution is 5.22. The number of aliphatic hydroxyl groups is 1. The van der Waals surface area contributed by atoms with E-state index in [-0.39, 0.29) is 6.61 Å². The Morgan fingerprint density at radius 1 is 1.00 bits per heavy atom. The van der Waals surface area contributed by atoms with E-state index < -0.39 is 12.2 Å². The molecule has 21 heavy (non-hydrogen) atoms. The van der Waals surface area contributed by atoms with Gasteiger partial charge in [0.05, 0.1) is 13.2 Å². The van der Waals surface area contributed by atoms with Crippen molar-refractivity contribution in [2.45, 2.75) is 18.8 Å². The second kappa shape index (κ2) is 8.25. The van der Waals surface area contributed by atoms with Gasteiger partial charge in [0.1, 0.15) is 18.0 Å². The molecule has 0 aromatic heterocycles. The second-order valence-electron chi connectivity index (χ2n) is 4.70. The lowest BCUT2D eigenvalue weighted by molar-refractivity contribution is -0.0166. The minimum absolute atomic E-state index is 0.193. The zero-order chi connectivity index (χ0) is 14.9. The van der Waals surface area contributed by atoms with Crippen LogP contribution in [0.5, 0.6) is 5.75 Å². The first-order valence-electron chi connectivity index (χ1n) is 6.93. The normalized spacial score (nSPS) is 13.4. The van der Waals surface area contributed by atoms with Crippen LogP contribution in [0.4, 0.5) is 0 Å². The van der Waals surface area contributed by atoms with Gasteiger partial charge >= 0.3 is 0 Å². The summed E-state index contributed by atoms with van der Waals surface area (Å²) >= 11 is 0. The van der Waals surface area contributed by atoms with E-state index in [0.717, 1.165) is 5.56 Å². The molecular weight excluding hydrogens is 264 g/mol. The van der Waals surface area contributed by atoms with Crippen molar-refractivity contribution < 1.29 is 14.6 Å². The first-order valence-corrected chi connectivity index (χ1v) is 6.93. The molecule has 3 nitrogen and oxygen atoms in total. The molecule has 0 aliphatic heterocycles. The van der Waals surface area contributed by atoms with E-state index in [2.05, 4.69) is 6.58 Å². The smallest absolute Gasteiger partial charge is 0.145 e. The van der Waals surface area contributed by atoms with E-state index >= 15 is 0 Å². The molecule has 2 atom stereocenters. The SMILES string of the molecule is C=C[C@H](Oc1ccccc1)[C@@H](O)COCc1ccccc1. The van der Waals surface area contributed by atoms with Crippen LogP contribution in [0, 0.1) is 0 Å². The van der Waals surface area contributed by atoms with E-state index in [1.165, 1.54) is 0 Å². The minimum atomic E-state index is -0.758. The summed E-state index contributed by atoms with van der Waals surface area (Å²) in [5, 5.41) is 10.1. The Bertz CT molecular complexity index is 525. The molecule has 0 aliphatic carbocycles. The number of para-hydroxylation sites is 1. The maximum absolute atomic E-state index is 10.1. The average molecular weight is 284 g/mol. The molecule has 2 rings (SSSR count). The van der Waals surface area contributed by atoms with Gasteiger partial charge < -0.3 is 14.6 Å². The zero-order valence-electron chi connectivity index (χ0n) is 11.9. The van der Waals surface area contributed by atoms with Crippen molar-refractivity contribution in [2.75, 3.05) is 6.61 Å². The molecule has 2 aromatic rings. The Labute approximate surface area is 125 Å². The molecule has 0 fully saturated rings. The highest BCUT2D eigenvalue weighted by atomic mass is 16.5. The van der Waals surface area contributed by atoms with Crippen LogP contribution in [-0.4, -0.2) is 23.9 Å². The summed E-state index contributed by atoms with van der Waals surface area (Å²) in [5.74, 6) is 0.699. The van der Waals surface area contributed by atoms with E-state index in [1.54, 1.807) is 6.08 Å². The predicted octanol–water partition coefficient (Wildman–Crippen LogP) is 3.20. The lowest BCUT2D eigenvalue weighted by atomic mass is 10.2. The molecule has 1 N–H and O–H groups in total. The van der Waals surface area contributed by atoms with Crippen molar-refractivity contribution in [1.29, 1.82) is 0 Å². The average Bonchev–Trinajstić information content (AvgIpc) is 2.54. The van der Waals surface area contributed by atoms with Crippen LogP contribution in [0.25, 0.3) is 0 Å². The van der Waals surface area contributed by atoms with Crippen molar-refractivity contribution >= 4 is 0 Å². The number of rotatable bonds is 8. The maximum Gasteiger partial charge on any atom is 0.145 e.